The number of carbonyl (C=O) groups excluding carboxylic acids is 2. The van der Waals surface area contributed by atoms with Crippen LogP contribution in [0.15, 0.2) is 24.3 Å². The molecule has 0 bridgehead atoms. The van der Waals surface area contributed by atoms with Gasteiger partial charge in [0, 0.05) is 37.2 Å². The van der Waals surface area contributed by atoms with Gasteiger partial charge < -0.3 is 15.3 Å². The minimum absolute atomic E-state index is 0.0105. The van der Waals surface area contributed by atoms with Gasteiger partial charge in [-0.15, -0.1) is 0 Å². The van der Waals surface area contributed by atoms with Gasteiger partial charge in [0.1, 0.15) is 0 Å². The number of aliphatic carboxylic acids is 1. The third kappa shape index (κ3) is 4.30. The van der Waals surface area contributed by atoms with Crippen LogP contribution in [0.25, 0.3) is 0 Å². The van der Waals surface area contributed by atoms with Crippen LogP contribution in [0.1, 0.15) is 32.1 Å². The molecule has 1 saturated heterocycles. The monoisotopic (exact) mass is 290 g/mol. The number of nitrogens with zero attached hydrogens (tertiary/aromatic N) is 1. The fourth-order valence-electron chi connectivity index (χ4n) is 2.27. The van der Waals surface area contributed by atoms with Crippen LogP contribution in [-0.4, -0.2) is 29.4 Å². The molecule has 21 heavy (non-hydrogen) atoms. The summed E-state index contributed by atoms with van der Waals surface area (Å²) >= 11 is 0. The van der Waals surface area contributed by atoms with E-state index in [4.69, 9.17) is 5.11 Å². The lowest BCUT2D eigenvalue weighted by Gasteiger charge is -2.16. The number of hydrogen-bond acceptors (Lipinski definition) is 3. The van der Waals surface area contributed by atoms with Gasteiger partial charge in [-0.1, -0.05) is 0 Å². The zero-order valence-corrected chi connectivity index (χ0v) is 11.7. The number of benzene rings is 1. The lowest BCUT2D eigenvalue weighted by molar-refractivity contribution is -0.137. The van der Waals surface area contributed by atoms with Gasteiger partial charge in [-0.3, -0.25) is 14.4 Å². The van der Waals surface area contributed by atoms with Gasteiger partial charge in [0.05, 0.1) is 0 Å². The summed E-state index contributed by atoms with van der Waals surface area (Å²) in [6.45, 7) is 0.736. The van der Waals surface area contributed by atoms with E-state index in [2.05, 4.69) is 5.32 Å². The van der Waals surface area contributed by atoms with Gasteiger partial charge in [-0.25, -0.2) is 0 Å². The SMILES string of the molecule is O=C(O)CCCC(=O)Nc1ccc(N2CCCC2=O)cc1. The summed E-state index contributed by atoms with van der Waals surface area (Å²) in [4.78, 5) is 35.3. The van der Waals surface area contributed by atoms with E-state index in [1.807, 2.05) is 0 Å². The second-order valence-corrected chi connectivity index (χ2v) is 4.99. The van der Waals surface area contributed by atoms with E-state index < -0.39 is 5.97 Å². The standard InChI is InChI=1S/C15H18N2O4/c18-13(3-1-5-15(20)21)16-11-6-8-12(9-7-11)17-10-2-4-14(17)19/h6-9H,1-5,10H2,(H,16,18)(H,20,21). The summed E-state index contributed by atoms with van der Waals surface area (Å²) in [7, 11) is 0. The maximum absolute atomic E-state index is 11.6. The first-order chi connectivity index (χ1) is 10.1. The molecule has 1 heterocycles. The summed E-state index contributed by atoms with van der Waals surface area (Å²) < 4.78 is 0. The molecule has 1 fully saturated rings. The molecule has 2 amide bonds. The lowest BCUT2D eigenvalue weighted by Crippen LogP contribution is -2.23. The number of carboxylic acids is 1. The third-order valence-electron chi connectivity index (χ3n) is 3.33. The van der Waals surface area contributed by atoms with Crippen LogP contribution in [0.3, 0.4) is 0 Å². The molecule has 2 N–H and O–H groups in total. The fraction of sp³-hybridized carbons (Fsp3) is 0.400. The molecule has 112 valence electrons. The molecule has 2 rings (SSSR count). The Bertz CT molecular complexity index is 539. The number of carbonyl (C=O) groups is 3. The Kier molecular flexibility index (Phi) is 4.92. The molecule has 0 aliphatic carbocycles. The zero-order chi connectivity index (χ0) is 15.2. The Morgan fingerprint density at radius 3 is 2.48 bits per heavy atom. The number of rotatable bonds is 6. The van der Waals surface area contributed by atoms with Crippen LogP contribution in [-0.2, 0) is 14.4 Å². The van der Waals surface area contributed by atoms with Crippen LogP contribution in [0, 0.1) is 0 Å². The van der Waals surface area contributed by atoms with Crippen LogP contribution in [0.2, 0.25) is 0 Å². The molecular formula is C15H18N2O4. The second-order valence-electron chi connectivity index (χ2n) is 4.99. The van der Waals surface area contributed by atoms with Gasteiger partial charge in [0.2, 0.25) is 11.8 Å². The highest BCUT2D eigenvalue weighted by atomic mass is 16.4. The summed E-state index contributed by atoms with van der Waals surface area (Å²) in [6, 6.07) is 7.10. The smallest absolute Gasteiger partial charge is 0.303 e. The molecular weight excluding hydrogens is 272 g/mol. The van der Waals surface area contributed by atoms with Gasteiger partial charge in [-0.05, 0) is 37.1 Å². The van der Waals surface area contributed by atoms with Crippen molar-refractivity contribution in [2.45, 2.75) is 32.1 Å². The van der Waals surface area contributed by atoms with Gasteiger partial charge in [-0.2, -0.15) is 0 Å². The van der Waals surface area contributed by atoms with Crippen LogP contribution >= 0.6 is 0 Å². The van der Waals surface area contributed by atoms with E-state index >= 15 is 0 Å². The molecule has 1 aliphatic heterocycles. The van der Waals surface area contributed by atoms with Crippen molar-refractivity contribution < 1.29 is 19.5 Å². The molecule has 1 aromatic carbocycles. The van der Waals surface area contributed by atoms with Crippen LogP contribution < -0.4 is 10.2 Å². The average Bonchev–Trinajstić information content (AvgIpc) is 2.85. The van der Waals surface area contributed by atoms with Gasteiger partial charge in [0.25, 0.3) is 0 Å². The maximum atomic E-state index is 11.6. The molecule has 0 aromatic heterocycles. The largest absolute Gasteiger partial charge is 0.481 e. The highest BCUT2D eigenvalue weighted by Gasteiger charge is 2.21. The number of amides is 2. The van der Waals surface area contributed by atoms with E-state index in [-0.39, 0.29) is 24.7 Å². The summed E-state index contributed by atoms with van der Waals surface area (Å²) in [5.74, 6) is -0.982. The third-order valence-corrected chi connectivity index (χ3v) is 3.33. The molecule has 6 nitrogen and oxygen atoms in total. The fourth-order valence-corrected chi connectivity index (χ4v) is 2.27. The van der Waals surface area contributed by atoms with E-state index in [1.54, 1.807) is 29.2 Å². The molecule has 0 radical (unpaired) electrons. The van der Waals surface area contributed by atoms with Crippen molar-refractivity contribution in [2.75, 3.05) is 16.8 Å². The Hall–Kier alpha value is -2.37. The van der Waals surface area contributed by atoms with Crippen molar-refractivity contribution in [3.05, 3.63) is 24.3 Å². The van der Waals surface area contributed by atoms with E-state index in [0.29, 0.717) is 18.5 Å². The average molecular weight is 290 g/mol. The summed E-state index contributed by atoms with van der Waals surface area (Å²) in [6.07, 6.45) is 1.95. The van der Waals surface area contributed by atoms with Crippen molar-refractivity contribution in [2.24, 2.45) is 0 Å². The molecule has 6 heteroatoms. The van der Waals surface area contributed by atoms with E-state index in [0.717, 1.165) is 18.7 Å². The topological polar surface area (TPSA) is 86.7 Å². The lowest BCUT2D eigenvalue weighted by atomic mass is 10.2. The van der Waals surface area contributed by atoms with Crippen molar-refractivity contribution >= 4 is 29.2 Å². The molecule has 1 aliphatic rings. The molecule has 0 saturated carbocycles. The minimum atomic E-state index is -0.901. The number of hydrogen-bond donors (Lipinski definition) is 2. The van der Waals surface area contributed by atoms with Gasteiger partial charge >= 0.3 is 5.97 Å². The Morgan fingerprint density at radius 2 is 1.90 bits per heavy atom. The highest BCUT2D eigenvalue weighted by Crippen LogP contribution is 2.23. The van der Waals surface area contributed by atoms with Crippen LogP contribution in [0.4, 0.5) is 11.4 Å². The van der Waals surface area contributed by atoms with Crippen molar-refractivity contribution in [1.82, 2.24) is 0 Å². The van der Waals surface area contributed by atoms with E-state index in [9.17, 15) is 14.4 Å². The number of anilines is 2. The van der Waals surface area contributed by atoms with Crippen LogP contribution in [0.5, 0.6) is 0 Å². The first-order valence-corrected chi connectivity index (χ1v) is 6.98. The second kappa shape index (κ2) is 6.88. The van der Waals surface area contributed by atoms with E-state index in [1.165, 1.54) is 0 Å². The Morgan fingerprint density at radius 1 is 1.19 bits per heavy atom. The van der Waals surface area contributed by atoms with Crippen molar-refractivity contribution in [3.8, 4) is 0 Å². The zero-order valence-electron chi connectivity index (χ0n) is 11.7. The highest BCUT2D eigenvalue weighted by molar-refractivity contribution is 5.96. The van der Waals surface area contributed by atoms with Crippen molar-refractivity contribution in [1.29, 1.82) is 0 Å². The first kappa shape index (κ1) is 15.0. The van der Waals surface area contributed by atoms with Crippen molar-refractivity contribution in [3.63, 3.8) is 0 Å². The number of carboxylic acid groups (broad SMARTS) is 1. The molecule has 1 aromatic rings. The Balaban J connectivity index is 1.86. The molecule has 0 unspecified atom stereocenters. The molecule has 0 atom stereocenters. The quantitative estimate of drug-likeness (QED) is 0.839. The Labute approximate surface area is 122 Å². The predicted octanol–water partition coefficient (Wildman–Crippen LogP) is 2.01. The number of nitrogens with one attached hydrogen (secondary N) is 1. The first-order valence-electron chi connectivity index (χ1n) is 6.98. The molecule has 0 spiro atoms. The predicted molar refractivity (Wildman–Crippen MR) is 78.1 cm³/mol. The summed E-state index contributed by atoms with van der Waals surface area (Å²) in [5, 5.41) is 11.2. The maximum Gasteiger partial charge on any atom is 0.303 e. The van der Waals surface area contributed by atoms with Gasteiger partial charge in [0.15, 0.2) is 0 Å². The minimum Gasteiger partial charge on any atom is -0.481 e. The normalized spacial score (nSPS) is 14.3. The summed E-state index contributed by atoms with van der Waals surface area (Å²) in [5.41, 5.74) is 1.48.